The molecule has 136 valence electrons. The SMILES string of the molecule is C=Cc1ccccc1.O=P([O-])([O-])[O-].[Na+].[Na+].[Na+].c1ccc(Oc2ccccc2)cc1. The number of para-hydroxylation sites is 2. The summed E-state index contributed by atoms with van der Waals surface area (Å²) in [5.41, 5.74) is 1.17. The van der Waals surface area contributed by atoms with E-state index in [4.69, 9.17) is 24.0 Å². The van der Waals surface area contributed by atoms with Gasteiger partial charge in [-0.2, -0.15) is 7.82 Å². The first-order chi connectivity index (χ1) is 12.4. The summed E-state index contributed by atoms with van der Waals surface area (Å²) < 4.78 is 14.1. The molecule has 0 unspecified atom stereocenters. The van der Waals surface area contributed by atoms with Crippen LogP contribution in [0.4, 0.5) is 0 Å². The molecule has 0 N–H and O–H groups in total. The molecular formula is C20H18Na3O5P. The van der Waals surface area contributed by atoms with Gasteiger partial charge >= 0.3 is 88.7 Å². The van der Waals surface area contributed by atoms with Gasteiger partial charge in [0.05, 0.1) is 0 Å². The van der Waals surface area contributed by atoms with Crippen LogP contribution in [-0.2, 0) is 4.57 Å². The summed E-state index contributed by atoms with van der Waals surface area (Å²) in [4.78, 5) is 25.6. The molecule has 0 saturated heterocycles. The molecule has 0 amide bonds. The largest absolute Gasteiger partial charge is 1.00 e. The van der Waals surface area contributed by atoms with Crippen molar-refractivity contribution in [1.82, 2.24) is 0 Å². The molecule has 29 heavy (non-hydrogen) atoms. The Morgan fingerprint density at radius 1 is 0.655 bits per heavy atom. The maximum Gasteiger partial charge on any atom is 1.00 e. The molecule has 0 saturated carbocycles. The van der Waals surface area contributed by atoms with Crippen molar-refractivity contribution in [1.29, 1.82) is 0 Å². The topological polar surface area (TPSA) is 95.5 Å². The van der Waals surface area contributed by atoms with Crippen molar-refractivity contribution in [2.24, 2.45) is 0 Å². The second-order valence-corrected chi connectivity index (χ2v) is 5.68. The van der Waals surface area contributed by atoms with E-state index in [9.17, 15) is 0 Å². The fraction of sp³-hybridized carbons (Fsp3) is 0. The third-order valence-corrected chi connectivity index (χ3v) is 2.76. The van der Waals surface area contributed by atoms with E-state index in [1.165, 1.54) is 5.56 Å². The Hall–Kier alpha value is 0.310. The number of benzene rings is 3. The van der Waals surface area contributed by atoms with Gasteiger partial charge in [0.15, 0.2) is 0 Å². The number of rotatable bonds is 3. The van der Waals surface area contributed by atoms with Gasteiger partial charge in [0.25, 0.3) is 0 Å². The maximum atomic E-state index is 8.55. The molecule has 0 heterocycles. The van der Waals surface area contributed by atoms with Gasteiger partial charge in [0.2, 0.25) is 0 Å². The number of ether oxygens (including phenoxy) is 1. The Morgan fingerprint density at radius 3 is 1.17 bits per heavy atom. The van der Waals surface area contributed by atoms with Crippen molar-refractivity contribution in [3.63, 3.8) is 0 Å². The predicted molar refractivity (Wildman–Crippen MR) is 97.1 cm³/mol. The van der Waals surface area contributed by atoms with Crippen LogP contribution in [0.2, 0.25) is 0 Å². The Kier molecular flexibility index (Phi) is 23.7. The first kappa shape index (κ1) is 33.9. The summed E-state index contributed by atoms with van der Waals surface area (Å²) in [6, 6.07) is 29.5. The number of phosphoric acid groups is 1. The molecule has 3 aromatic rings. The van der Waals surface area contributed by atoms with Crippen LogP contribution in [-0.4, -0.2) is 0 Å². The third-order valence-electron chi connectivity index (χ3n) is 2.76. The second-order valence-electron chi connectivity index (χ2n) is 4.79. The van der Waals surface area contributed by atoms with Crippen LogP contribution in [0.3, 0.4) is 0 Å². The molecule has 0 aliphatic carbocycles. The average Bonchev–Trinajstić information content (AvgIpc) is 2.63. The molecule has 0 atom stereocenters. The molecule has 0 spiro atoms. The molecule has 0 radical (unpaired) electrons. The van der Waals surface area contributed by atoms with Crippen LogP contribution < -0.4 is 108 Å². The van der Waals surface area contributed by atoms with Crippen molar-refractivity contribution >= 4 is 13.9 Å². The zero-order valence-corrected chi connectivity index (χ0v) is 23.8. The minimum Gasteiger partial charge on any atom is -0.822 e. The van der Waals surface area contributed by atoms with E-state index >= 15 is 0 Å². The van der Waals surface area contributed by atoms with Gasteiger partial charge in [-0.1, -0.05) is 79.4 Å². The fourth-order valence-corrected chi connectivity index (χ4v) is 1.70. The molecule has 3 aromatic carbocycles. The molecule has 0 bridgehead atoms. The summed E-state index contributed by atoms with van der Waals surface area (Å²) >= 11 is 0. The molecule has 5 nitrogen and oxygen atoms in total. The smallest absolute Gasteiger partial charge is 0.822 e. The van der Waals surface area contributed by atoms with Crippen LogP contribution >= 0.6 is 7.82 Å². The van der Waals surface area contributed by atoms with Gasteiger partial charge in [0, 0.05) is 0 Å². The van der Waals surface area contributed by atoms with Crippen molar-refractivity contribution in [2.45, 2.75) is 0 Å². The van der Waals surface area contributed by atoms with Gasteiger partial charge in [-0.05, 0) is 29.8 Å². The average molecular weight is 438 g/mol. The standard InChI is InChI=1S/C12H10O.C8H8.3Na.H3O4P/c1-3-7-11(8-4-1)13-12-9-5-2-6-10-12;1-2-8-6-4-3-5-7-8;;;;1-5(2,3)4/h1-10H;2-7H,1H2;;;;(H3,1,2,3,4)/q;;3*+1;/p-3. The minimum absolute atomic E-state index is 0. The van der Waals surface area contributed by atoms with Crippen molar-refractivity contribution in [3.05, 3.63) is 103 Å². The molecule has 0 aliphatic rings. The van der Waals surface area contributed by atoms with Gasteiger partial charge in [-0.3, -0.25) is 0 Å². The minimum atomic E-state index is -5.39. The van der Waals surface area contributed by atoms with Gasteiger partial charge < -0.3 is 24.0 Å². The second kappa shape index (κ2) is 20.2. The quantitative estimate of drug-likeness (QED) is 0.300. The third kappa shape index (κ3) is 21.3. The van der Waals surface area contributed by atoms with Crippen molar-refractivity contribution < 1.29 is 113 Å². The van der Waals surface area contributed by atoms with Crippen molar-refractivity contribution in [3.8, 4) is 11.5 Å². The van der Waals surface area contributed by atoms with E-state index in [0.29, 0.717) is 0 Å². The predicted octanol–water partition coefficient (Wildman–Crippen LogP) is -6.00. The monoisotopic (exact) mass is 438 g/mol. The molecule has 3 rings (SSSR count). The van der Waals surface area contributed by atoms with E-state index in [1.54, 1.807) is 0 Å². The van der Waals surface area contributed by atoms with E-state index in [0.717, 1.165) is 11.5 Å². The first-order valence-corrected chi connectivity index (χ1v) is 9.03. The number of hydrogen-bond acceptors (Lipinski definition) is 5. The summed E-state index contributed by atoms with van der Waals surface area (Å²) in [6.45, 7) is 3.63. The molecular weight excluding hydrogens is 420 g/mol. The summed E-state index contributed by atoms with van der Waals surface area (Å²) in [6.07, 6.45) is 1.83. The van der Waals surface area contributed by atoms with Crippen LogP contribution in [0.1, 0.15) is 5.56 Å². The molecule has 0 aromatic heterocycles. The normalized spacial score (nSPS) is 8.66. The zero-order valence-electron chi connectivity index (χ0n) is 16.9. The Morgan fingerprint density at radius 2 is 0.931 bits per heavy atom. The van der Waals surface area contributed by atoms with E-state index in [1.807, 2.05) is 97.1 Å². The van der Waals surface area contributed by atoms with Crippen molar-refractivity contribution in [2.75, 3.05) is 0 Å². The summed E-state index contributed by atoms with van der Waals surface area (Å²) in [5, 5.41) is 0. The van der Waals surface area contributed by atoms with E-state index < -0.39 is 7.82 Å². The Labute approximate surface area is 238 Å². The molecule has 0 aliphatic heterocycles. The fourth-order valence-electron chi connectivity index (χ4n) is 1.70. The van der Waals surface area contributed by atoms with Gasteiger partial charge in [-0.25, -0.2) is 0 Å². The van der Waals surface area contributed by atoms with Crippen LogP contribution in [0, 0.1) is 0 Å². The van der Waals surface area contributed by atoms with E-state index in [-0.39, 0.29) is 88.7 Å². The van der Waals surface area contributed by atoms with Gasteiger partial charge in [-0.15, -0.1) is 0 Å². The molecule has 9 heteroatoms. The molecule has 0 fully saturated rings. The van der Waals surface area contributed by atoms with E-state index in [2.05, 4.69) is 6.58 Å². The Balaban J connectivity index is -0.000000370. The summed E-state index contributed by atoms with van der Waals surface area (Å²) in [5.74, 6) is 1.74. The Bertz CT molecular complexity index is 754. The first-order valence-electron chi connectivity index (χ1n) is 7.57. The van der Waals surface area contributed by atoms with Crippen LogP contribution in [0.15, 0.2) is 97.6 Å². The zero-order chi connectivity index (χ0) is 19.3. The maximum absolute atomic E-state index is 8.55. The summed E-state index contributed by atoms with van der Waals surface area (Å²) in [7, 11) is -5.39. The number of hydrogen-bond donors (Lipinski definition) is 0. The van der Waals surface area contributed by atoms with Crippen LogP contribution in [0.25, 0.3) is 6.08 Å². The van der Waals surface area contributed by atoms with Gasteiger partial charge in [0.1, 0.15) is 11.5 Å². The van der Waals surface area contributed by atoms with Crippen LogP contribution in [0.5, 0.6) is 11.5 Å².